The molecule has 0 amide bonds. The maximum Gasteiger partial charge on any atom is 0.344 e. The van der Waals surface area contributed by atoms with E-state index in [1.165, 1.54) is 5.70 Å². The Balaban J connectivity index is 0.000000481. The van der Waals surface area contributed by atoms with Crippen molar-refractivity contribution in [3.8, 4) is 0 Å². The zero-order chi connectivity index (χ0) is 23.9. The summed E-state index contributed by atoms with van der Waals surface area (Å²) < 4.78 is 39.0. The maximum atomic E-state index is 9.88. The first-order valence-electron chi connectivity index (χ1n) is 9.43. The predicted octanol–water partition coefficient (Wildman–Crippen LogP) is 4.83. The van der Waals surface area contributed by atoms with E-state index in [2.05, 4.69) is 39.5 Å². The first kappa shape index (κ1) is 29.3. The smallest absolute Gasteiger partial charge is 0.344 e. The van der Waals surface area contributed by atoms with E-state index in [0.29, 0.717) is 0 Å². The van der Waals surface area contributed by atoms with E-state index in [9.17, 15) is 4.46 Å². The van der Waals surface area contributed by atoms with Crippen LogP contribution in [0.1, 0.15) is 0 Å². The molecule has 0 aromatic heterocycles. The minimum absolute atomic E-state index is 1.36. The van der Waals surface area contributed by atoms with Crippen LogP contribution in [-0.2, 0) is 25.0 Å². The molecule has 0 aromatic carbocycles. The third kappa shape index (κ3) is 8.83. The Morgan fingerprint density at radius 1 is 0.533 bits per heavy atom. The maximum absolute atomic E-state index is 9.88. The molecule has 168 valence electrons. The molecule has 2 aliphatic heterocycles. The van der Waals surface area contributed by atoms with Crippen molar-refractivity contribution in [1.29, 1.82) is 0 Å². The van der Waals surface area contributed by atoms with E-state index in [0.717, 1.165) is 0 Å². The molecule has 0 saturated carbocycles. The summed E-state index contributed by atoms with van der Waals surface area (Å²) in [5, 5.41) is 0. The Morgan fingerprint density at radius 2 is 0.667 bits per heavy atom. The number of hydrogen-bond acceptors (Lipinski definition) is 6. The van der Waals surface area contributed by atoms with Crippen LogP contribution >= 0.6 is 0 Å². The van der Waals surface area contributed by atoms with Crippen molar-refractivity contribution in [1.82, 2.24) is 0 Å². The fourth-order valence-corrected chi connectivity index (χ4v) is 23.6. The highest BCUT2D eigenvalue weighted by molar-refractivity contribution is 6.98. The second kappa shape index (κ2) is 11.3. The van der Waals surface area contributed by atoms with Gasteiger partial charge in [-0.2, -0.15) is 0 Å². The summed E-state index contributed by atoms with van der Waals surface area (Å²) >= 11 is 0. The summed E-state index contributed by atoms with van der Waals surface area (Å²) in [7, 11) is -12.0. The lowest BCUT2D eigenvalue weighted by Gasteiger charge is -2.46. The minimum Gasteiger partial charge on any atom is -0.410 e. The van der Waals surface area contributed by atoms with E-state index in [1.54, 1.807) is 35.0 Å². The molecule has 0 unspecified atom stereocenters. The molecular formula is C18H36O6Si6. The van der Waals surface area contributed by atoms with Gasteiger partial charge in [0, 0.05) is 0 Å². The summed E-state index contributed by atoms with van der Waals surface area (Å²) in [5.41, 5.74) is 10.4. The molecule has 0 N–H and O–H groups in total. The Labute approximate surface area is 189 Å². The molecule has 6 nitrogen and oxygen atoms in total. The first-order chi connectivity index (χ1) is 13.6. The molecule has 12 heteroatoms. The highest BCUT2D eigenvalue weighted by Gasteiger charge is 2.54. The molecule has 2 heterocycles. The van der Waals surface area contributed by atoms with Gasteiger partial charge in [-0.3, -0.25) is 0 Å². The molecular weight excluding hydrogens is 481 g/mol. The summed E-state index contributed by atoms with van der Waals surface area (Å²) in [4.78, 5) is 0. The summed E-state index contributed by atoms with van der Waals surface area (Å²) in [6.45, 7) is 33.5. The van der Waals surface area contributed by atoms with Gasteiger partial charge in [-0.25, -0.2) is 0 Å². The highest BCUT2D eigenvalue weighted by Crippen LogP contribution is 2.32. The monoisotopic (exact) mass is 516 g/mol. The molecule has 0 spiro atoms. The molecule has 0 aliphatic carbocycles. The standard InChI is InChI=1S/C9H18O3Si3.C6H12O2Si2.C3H6OSi/c1-7-13(4)10-14(5,8-2)12-15(6,9-3)11-13;1-5-9(3)7-10(4,6-2)8-9;1-3-5(2)4/h7-9H,1-3H2,4-6H3;5-6H,1-2H2,3-4H3;3H,1H2,2H3. The average Bonchev–Trinajstić information content (AvgIpc) is 2.66. The van der Waals surface area contributed by atoms with Crippen LogP contribution in [0.4, 0.5) is 0 Å². The molecule has 0 aromatic rings. The first-order valence-corrected chi connectivity index (χ1v) is 23.4. The van der Waals surface area contributed by atoms with Crippen molar-refractivity contribution < 1.29 is 25.0 Å². The van der Waals surface area contributed by atoms with Gasteiger partial charge in [0.05, 0.1) is 0 Å². The van der Waals surface area contributed by atoms with E-state index in [4.69, 9.17) is 20.6 Å². The second-order valence-corrected chi connectivity index (χ2v) is 25.3. The van der Waals surface area contributed by atoms with Gasteiger partial charge in [-0.05, 0) is 45.0 Å². The Kier molecular flexibility index (Phi) is 11.0. The lowest BCUT2D eigenvalue weighted by atomic mass is 11.3. The van der Waals surface area contributed by atoms with Crippen LogP contribution in [0.15, 0.2) is 73.7 Å². The fourth-order valence-electron chi connectivity index (χ4n) is 2.50. The van der Waals surface area contributed by atoms with E-state index >= 15 is 0 Å². The van der Waals surface area contributed by atoms with Crippen LogP contribution in [0.25, 0.3) is 0 Å². The van der Waals surface area contributed by atoms with E-state index in [1.807, 2.05) is 32.7 Å². The van der Waals surface area contributed by atoms with Crippen molar-refractivity contribution in [3.63, 3.8) is 0 Å². The van der Waals surface area contributed by atoms with Gasteiger partial charge in [0.2, 0.25) is 0 Å². The molecule has 2 rings (SSSR count). The third-order valence-corrected chi connectivity index (χ3v) is 24.7. The van der Waals surface area contributed by atoms with Crippen molar-refractivity contribution in [2.75, 3.05) is 0 Å². The van der Waals surface area contributed by atoms with Gasteiger partial charge in [0.1, 0.15) is 0 Å². The van der Waals surface area contributed by atoms with Gasteiger partial charge < -0.3 is 25.0 Å². The molecule has 2 fully saturated rings. The summed E-state index contributed by atoms with van der Waals surface area (Å²) in [5.74, 6) is 0. The average molecular weight is 517 g/mol. The van der Waals surface area contributed by atoms with Crippen LogP contribution in [0, 0.1) is 0 Å². The van der Waals surface area contributed by atoms with Gasteiger partial charge in [0.25, 0.3) is 8.68 Å². The van der Waals surface area contributed by atoms with Crippen molar-refractivity contribution >= 4 is 51.5 Å². The number of hydrogen-bond donors (Lipinski definition) is 0. The van der Waals surface area contributed by atoms with Gasteiger partial charge >= 0.3 is 42.8 Å². The van der Waals surface area contributed by atoms with Crippen LogP contribution in [-0.4, -0.2) is 51.5 Å². The zero-order valence-corrected chi connectivity index (χ0v) is 25.2. The zero-order valence-electron chi connectivity index (χ0n) is 19.2. The van der Waals surface area contributed by atoms with E-state index in [-0.39, 0.29) is 0 Å². The van der Waals surface area contributed by atoms with Gasteiger partial charge in [-0.15, -0.1) is 39.5 Å². The molecule has 0 atom stereocenters. The summed E-state index contributed by atoms with van der Waals surface area (Å²) in [6, 6.07) is 0. The summed E-state index contributed by atoms with van der Waals surface area (Å²) in [6.07, 6.45) is 0. The molecule has 30 heavy (non-hydrogen) atoms. The van der Waals surface area contributed by atoms with Crippen LogP contribution in [0.2, 0.25) is 39.3 Å². The number of rotatable bonds is 6. The second-order valence-electron chi connectivity index (χ2n) is 7.43. The van der Waals surface area contributed by atoms with Crippen molar-refractivity contribution in [2.45, 2.75) is 39.3 Å². The van der Waals surface area contributed by atoms with Crippen LogP contribution < -0.4 is 0 Å². The van der Waals surface area contributed by atoms with Crippen molar-refractivity contribution in [2.24, 2.45) is 0 Å². The highest BCUT2D eigenvalue weighted by atomic mass is 28.5. The predicted molar refractivity (Wildman–Crippen MR) is 137 cm³/mol. The normalized spacial score (nSPS) is 39.3. The largest absolute Gasteiger partial charge is 0.410 e. The molecule has 0 bridgehead atoms. The fraction of sp³-hybridized carbons (Fsp3) is 0.333. The van der Waals surface area contributed by atoms with Crippen molar-refractivity contribution in [3.05, 3.63) is 73.7 Å². The Morgan fingerprint density at radius 3 is 0.733 bits per heavy atom. The van der Waals surface area contributed by atoms with E-state index < -0.39 is 51.5 Å². The van der Waals surface area contributed by atoms with Gasteiger partial charge in [0.15, 0.2) is 0 Å². The molecule has 2 aliphatic rings. The lowest BCUT2D eigenvalue weighted by molar-refractivity contribution is 0.248. The quantitative estimate of drug-likeness (QED) is 0.471. The SMILES string of the molecule is C=C[Si](C)=O.C=C[Si]1(C)O[Si](C)(C=C)O1.C=C[Si]1(C)O[Si](C)(C=C)O[Si](C)(C=C)O1. The molecule has 2 saturated heterocycles. The minimum atomic E-state index is -2.30. The van der Waals surface area contributed by atoms with Crippen LogP contribution in [0.3, 0.4) is 0 Å². The molecule has 0 radical (unpaired) electrons. The van der Waals surface area contributed by atoms with Gasteiger partial charge in [-0.1, -0.05) is 28.5 Å². The van der Waals surface area contributed by atoms with Crippen LogP contribution in [0.5, 0.6) is 0 Å². The Bertz CT molecular complexity index is 632. The Hall–Kier alpha value is -0.659. The lowest BCUT2D eigenvalue weighted by Crippen LogP contribution is -2.65. The third-order valence-electron chi connectivity index (χ3n) is 4.17. The topological polar surface area (TPSA) is 63.2 Å².